The Kier molecular flexibility index (Phi) is 15.4. The van der Waals surface area contributed by atoms with Crippen LogP contribution < -0.4 is 5.73 Å². The maximum atomic E-state index is 11.8. The molecule has 0 spiro atoms. The van der Waals surface area contributed by atoms with Crippen LogP contribution in [0.4, 0.5) is 0 Å². The Morgan fingerprint density at radius 2 is 1.38 bits per heavy atom. The molecule has 0 aromatic heterocycles. The van der Waals surface area contributed by atoms with Crippen LogP contribution in [0.15, 0.2) is 0 Å². The van der Waals surface area contributed by atoms with Crippen LogP contribution in [0, 0.1) is 0 Å². The van der Waals surface area contributed by atoms with Gasteiger partial charge in [0.15, 0.2) is 0 Å². The van der Waals surface area contributed by atoms with Gasteiger partial charge in [-0.2, -0.15) is 0 Å². The SMILES string of the molecule is CCCCCCCC(CCCCCC)OC(=O)CCCN. The van der Waals surface area contributed by atoms with Crippen LogP contribution in [0.25, 0.3) is 0 Å². The molecule has 0 aliphatic rings. The third kappa shape index (κ3) is 14.1. The van der Waals surface area contributed by atoms with E-state index in [0.717, 1.165) is 19.3 Å². The number of hydrogen-bond donors (Lipinski definition) is 1. The van der Waals surface area contributed by atoms with Crippen molar-refractivity contribution in [1.82, 2.24) is 0 Å². The van der Waals surface area contributed by atoms with Gasteiger partial charge in [0, 0.05) is 6.42 Å². The van der Waals surface area contributed by atoms with Crippen molar-refractivity contribution < 1.29 is 9.53 Å². The van der Waals surface area contributed by atoms with Crippen molar-refractivity contribution in [2.75, 3.05) is 6.54 Å². The van der Waals surface area contributed by atoms with Gasteiger partial charge >= 0.3 is 5.97 Å². The van der Waals surface area contributed by atoms with Gasteiger partial charge in [0.25, 0.3) is 0 Å². The van der Waals surface area contributed by atoms with Crippen LogP contribution in [0.2, 0.25) is 0 Å². The fourth-order valence-corrected chi connectivity index (χ4v) is 2.53. The summed E-state index contributed by atoms with van der Waals surface area (Å²) >= 11 is 0. The minimum absolute atomic E-state index is 0.0606. The molecule has 0 aromatic rings. The van der Waals surface area contributed by atoms with Crippen LogP contribution in [-0.4, -0.2) is 18.6 Å². The van der Waals surface area contributed by atoms with E-state index in [1.807, 2.05) is 0 Å². The van der Waals surface area contributed by atoms with Gasteiger partial charge in [-0.25, -0.2) is 0 Å². The molecule has 0 fully saturated rings. The van der Waals surface area contributed by atoms with E-state index in [1.54, 1.807) is 0 Å². The molecule has 3 heteroatoms. The van der Waals surface area contributed by atoms with Crippen LogP contribution in [0.1, 0.15) is 97.3 Å². The molecule has 3 nitrogen and oxygen atoms in total. The van der Waals surface area contributed by atoms with E-state index in [0.29, 0.717) is 13.0 Å². The van der Waals surface area contributed by atoms with E-state index in [9.17, 15) is 4.79 Å². The summed E-state index contributed by atoms with van der Waals surface area (Å²) in [6, 6.07) is 0. The van der Waals surface area contributed by atoms with Crippen LogP contribution in [0.5, 0.6) is 0 Å². The lowest BCUT2D eigenvalue weighted by Crippen LogP contribution is -2.19. The Bertz CT molecular complexity index is 231. The summed E-state index contributed by atoms with van der Waals surface area (Å²) in [5.74, 6) is -0.0606. The molecule has 0 aromatic carbocycles. The lowest BCUT2D eigenvalue weighted by molar-refractivity contribution is -0.150. The zero-order valence-corrected chi connectivity index (χ0v) is 14.4. The predicted molar refractivity (Wildman–Crippen MR) is 90.3 cm³/mol. The Hall–Kier alpha value is -0.570. The van der Waals surface area contributed by atoms with Gasteiger partial charge in [-0.05, 0) is 38.6 Å². The van der Waals surface area contributed by atoms with Crippen molar-refractivity contribution >= 4 is 5.97 Å². The molecule has 0 radical (unpaired) electrons. The summed E-state index contributed by atoms with van der Waals surface area (Å²) in [6.07, 6.45) is 14.7. The molecule has 0 rings (SSSR count). The summed E-state index contributed by atoms with van der Waals surface area (Å²) in [4.78, 5) is 11.8. The molecule has 21 heavy (non-hydrogen) atoms. The largest absolute Gasteiger partial charge is 0.462 e. The van der Waals surface area contributed by atoms with E-state index >= 15 is 0 Å². The van der Waals surface area contributed by atoms with Gasteiger partial charge in [-0.1, -0.05) is 58.8 Å². The third-order valence-corrected chi connectivity index (χ3v) is 3.89. The van der Waals surface area contributed by atoms with Crippen LogP contribution in [-0.2, 0) is 9.53 Å². The zero-order valence-electron chi connectivity index (χ0n) is 14.4. The van der Waals surface area contributed by atoms with E-state index < -0.39 is 0 Å². The standard InChI is InChI=1S/C18H37NO2/c1-3-5-7-9-11-14-17(13-10-8-6-4-2)21-18(20)15-12-16-19/h17H,3-16,19H2,1-2H3. The number of carbonyl (C=O) groups is 1. The van der Waals surface area contributed by atoms with Crippen molar-refractivity contribution in [3.05, 3.63) is 0 Å². The van der Waals surface area contributed by atoms with Crippen molar-refractivity contribution in [3.63, 3.8) is 0 Å². The summed E-state index contributed by atoms with van der Waals surface area (Å²) in [6.45, 7) is 5.01. The average molecular weight is 299 g/mol. The van der Waals surface area contributed by atoms with Gasteiger partial charge in [-0.15, -0.1) is 0 Å². The molecule has 0 aliphatic heterocycles. The molecule has 1 atom stereocenters. The first-order chi connectivity index (χ1) is 10.2. The quantitative estimate of drug-likeness (QED) is 0.343. The lowest BCUT2D eigenvalue weighted by atomic mass is 10.0. The highest BCUT2D eigenvalue weighted by atomic mass is 16.5. The third-order valence-electron chi connectivity index (χ3n) is 3.89. The summed E-state index contributed by atoms with van der Waals surface area (Å²) < 4.78 is 5.64. The second kappa shape index (κ2) is 15.8. The molecule has 0 bridgehead atoms. The smallest absolute Gasteiger partial charge is 0.306 e. The molecule has 1 unspecified atom stereocenters. The van der Waals surface area contributed by atoms with Crippen LogP contribution in [0.3, 0.4) is 0 Å². The van der Waals surface area contributed by atoms with Crippen molar-refractivity contribution in [3.8, 4) is 0 Å². The topological polar surface area (TPSA) is 52.3 Å². The molecule has 0 aliphatic carbocycles. The molecule has 0 heterocycles. The molecule has 126 valence electrons. The van der Waals surface area contributed by atoms with E-state index in [4.69, 9.17) is 10.5 Å². The molecular weight excluding hydrogens is 262 g/mol. The number of hydrogen-bond acceptors (Lipinski definition) is 3. The lowest BCUT2D eigenvalue weighted by Gasteiger charge is -2.18. The highest BCUT2D eigenvalue weighted by Crippen LogP contribution is 2.16. The second-order valence-electron chi connectivity index (χ2n) is 6.06. The summed E-state index contributed by atoms with van der Waals surface area (Å²) in [5, 5.41) is 0. The number of ether oxygens (including phenoxy) is 1. The monoisotopic (exact) mass is 299 g/mol. The number of rotatable bonds is 15. The Morgan fingerprint density at radius 3 is 1.90 bits per heavy atom. The highest BCUT2D eigenvalue weighted by Gasteiger charge is 2.13. The summed E-state index contributed by atoms with van der Waals surface area (Å²) in [5.41, 5.74) is 5.44. The first-order valence-corrected chi connectivity index (χ1v) is 9.14. The minimum Gasteiger partial charge on any atom is -0.462 e. The molecule has 0 saturated carbocycles. The van der Waals surface area contributed by atoms with Gasteiger partial charge in [0.2, 0.25) is 0 Å². The summed E-state index contributed by atoms with van der Waals surface area (Å²) in [7, 11) is 0. The molecular formula is C18H37NO2. The van der Waals surface area contributed by atoms with Gasteiger partial charge in [0.05, 0.1) is 0 Å². The van der Waals surface area contributed by atoms with E-state index in [1.165, 1.54) is 57.8 Å². The van der Waals surface area contributed by atoms with E-state index in [2.05, 4.69) is 13.8 Å². The van der Waals surface area contributed by atoms with Gasteiger partial charge < -0.3 is 10.5 Å². The first kappa shape index (κ1) is 20.4. The highest BCUT2D eigenvalue weighted by molar-refractivity contribution is 5.69. The Morgan fingerprint density at radius 1 is 0.857 bits per heavy atom. The Labute approximate surface area is 132 Å². The number of nitrogens with two attached hydrogens (primary N) is 1. The average Bonchev–Trinajstić information content (AvgIpc) is 2.48. The Balaban J connectivity index is 3.92. The minimum atomic E-state index is -0.0606. The number of carbonyl (C=O) groups excluding carboxylic acids is 1. The van der Waals surface area contributed by atoms with Crippen LogP contribution >= 0.6 is 0 Å². The molecule has 0 amide bonds. The maximum Gasteiger partial charge on any atom is 0.306 e. The number of esters is 1. The normalized spacial score (nSPS) is 12.3. The van der Waals surface area contributed by atoms with Crippen molar-refractivity contribution in [2.45, 2.75) is 103 Å². The zero-order chi connectivity index (χ0) is 15.8. The van der Waals surface area contributed by atoms with Gasteiger partial charge in [0.1, 0.15) is 6.10 Å². The maximum absolute atomic E-state index is 11.8. The number of unbranched alkanes of at least 4 members (excludes halogenated alkanes) is 7. The van der Waals surface area contributed by atoms with E-state index in [-0.39, 0.29) is 12.1 Å². The molecule has 2 N–H and O–H groups in total. The predicted octanol–water partition coefficient (Wildman–Crippen LogP) is 4.97. The van der Waals surface area contributed by atoms with Gasteiger partial charge in [-0.3, -0.25) is 4.79 Å². The molecule has 0 saturated heterocycles. The van der Waals surface area contributed by atoms with Crippen molar-refractivity contribution in [2.24, 2.45) is 5.73 Å². The second-order valence-corrected chi connectivity index (χ2v) is 6.06. The van der Waals surface area contributed by atoms with Crippen molar-refractivity contribution in [1.29, 1.82) is 0 Å². The fourth-order valence-electron chi connectivity index (χ4n) is 2.53. The first-order valence-electron chi connectivity index (χ1n) is 9.14. The fraction of sp³-hybridized carbons (Fsp3) is 0.944.